The molecule has 0 heterocycles. The van der Waals surface area contributed by atoms with Gasteiger partial charge in [-0.15, -0.1) is 0 Å². The van der Waals surface area contributed by atoms with Gasteiger partial charge in [0.1, 0.15) is 0 Å². The smallest absolute Gasteiger partial charge is 0.335 e. The lowest BCUT2D eigenvalue weighted by atomic mass is 10.2. The number of sulfonamides is 1. The summed E-state index contributed by atoms with van der Waals surface area (Å²) in [5.41, 5.74) is 0.0424. The molecule has 0 bridgehead atoms. The van der Waals surface area contributed by atoms with E-state index in [2.05, 4.69) is 15.9 Å². The Kier molecular flexibility index (Phi) is 5.95. The van der Waals surface area contributed by atoms with Gasteiger partial charge in [-0.05, 0) is 53.9 Å². The Morgan fingerprint density at radius 3 is 2.24 bits per heavy atom. The fourth-order valence-corrected chi connectivity index (χ4v) is 4.76. The second-order valence-electron chi connectivity index (χ2n) is 5.51. The molecule has 7 heteroatoms. The lowest BCUT2D eigenvalue weighted by Gasteiger charge is -2.28. The average molecular weight is 378 g/mol. The Morgan fingerprint density at radius 2 is 1.86 bits per heavy atom. The number of aromatic carboxylic acids is 1. The zero-order valence-corrected chi connectivity index (χ0v) is 14.9. The van der Waals surface area contributed by atoms with Crippen LogP contribution >= 0.6 is 15.9 Å². The van der Waals surface area contributed by atoms with Gasteiger partial charge in [-0.3, -0.25) is 0 Å². The second kappa shape index (κ2) is 6.89. The molecule has 1 aromatic rings. The Bertz CT molecular complexity index is 626. The van der Waals surface area contributed by atoms with Crippen molar-refractivity contribution in [1.82, 2.24) is 4.31 Å². The van der Waals surface area contributed by atoms with E-state index in [1.807, 2.05) is 27.7 Å². The molecule has 5 nitrogen and oxygen atoms in total. The van der Waals surface area contributed by atoms with Crippen molar-refractivity contribution in [2.24, 2.45) is 5.92 Å². The van der Waals surface area contributed by atoms with Crippen molar-refractivity contribution in [3.05, 3.63) is 28.2 Å². The Morgan fingerprint density at radius 1 is 1.29 bits per heavy atom. The molecule has 118 valence electrons. The van der Waals surface area contributed by atoms with Crippen LogP contribution in [0.5, 0.6) is 0 Å². The van der Waals surface area contributed by atoms with Crippen molar-refractivity contribution in [3.63, 3.8) is 0 Å². The summed E-state index contributed by atoms with van der Waals surface area (Å²) in [5, 5.41) is 8.94. The Hall–Kier alpha value is -0.920. The monoisotopic (exact) mass is 377 g/mol. The fraction of sp³-hybridized carbons (Fsp3) is 0.500. The summed E-state index contributed by atoms with van der Waals surface area (Å²) in [6, 6.07) is 3.76. The first-order chi connectivity index (χ1) is 9.57. The van der Waals surface area contributed by atoms with Crippen LogP contribution < -0.4 is 0 Å². The zero-order chi connectivity index (χ0) is 16.4. The summed E-state index contributed by atoms with van der Waals surface area (Å²) in [7, 11) is -3.67. The number of nitrogens with zero attached hydrogens (tertiary/aromatic N) is 1. The van der Waals surface area contributed by atoms with Crippen LogP contribution in [0.25, 0.3) is 0 Å². The highest BCUT2D eigenvalue weighted by atomic mass is 79.9. The number of rotatable bonds is 6. The van der Waals surface area contributed by atoms with Gasteiger partial charge in [0.25, 0.3) is 0 Å². The minimum absolute atomic E-state index is 0.0424. The predicted octanol–water partition coefficient (Wildman–Crippen LogP) is 3.20. The zero-order valence-electron chi connectivity index (χ0n) is 12.5. The van der Waals surface area contributed by atoms with E-state index in [4.69, 9.17) is 5.11 Å². The molecule has 0 radical (unpaired) electrons. The van der Waals surface area contributed by atoms with Crippen LogP contribution in [0.2, 0.25) is 0 Å². The Balaban J connectivity index is 3.31. The van der Waals surface area contributed by atoms with E-state index in [0.717, 1.165) is 0 Å². The summed E-state index contributed by atoms with van der Waals surface area (Å²) < 4.78 is 27.2. The topological polar surface area (TPSA) is 74.7 Å². The van der Waals surface area contributed by atoms with Gasteiger partial charge in [0.05, 0.1) is 10.5 Å². The van der Waals surface area contributed by atoms with Crippen molar-refractivity contribution in [2.45, 2.75) is 38.6 Å². The van der Waals surface area contributed by atoms with Gasteiger partial charge in [0, 0.05) is 17.1 Å². The van der Waals surface area contributed by atoms with E-state index in [-0.39, 0.29) is 26.9 Å². The molecule has 1 rings (SSSR count). The van der Waals surface area contributed by atoms with E-state index in [1.165, 1.54) is 22.5 Å². The van der Waals surface area contributed by atoms with E-state index >= 15 is 0 Å². The minimum atomic E-state index is -3.67. The molecule has 0 aliphatic rings. The van der Waals surface area contributed by atoms with E-state index in [9.17, 15) is 13.2 Å². The molecule has 0 aliphatic heterocycles. The number of carboxylic acids is 1. The normalized spacial score (nSPS) is 12.4. The SMILES string of the molecule is CC(C)CN(C(C)C)S(=O)(=O)c1ccc(C(=O)O)cc1Br. The first-order valence-electron chi connectivity index (χ1n) is 6.62. The van der Waals surface area contributed by atoms with Gasteiger partial charge >= 0.3 is 5.97 Å². The molecule has 21 heavy (non-hydrogen) atoms. The highest BCUT2D eigenvalue weighted by Gasteiger charge is 2.29. The first-order valence-corrected chi connectivity index (χ1v) is 8.85. The number of carbonyl (C=O) groups is 1. The van der Waals surface area contributed by atoms with Crippen molar-refractivity contribution < 1.29 is 18.3 Å². The maximum absolute atomic E-state index is 12.8. The number of carboxylic acid groups (broad SMARTS) is 1. The standard InChI is InChI=1S/C14H20BrNO4S/c1-9(2)8-16(10(3)4)21(19,20)13-6-5-11(14(17)18)7-12(13)15/h5-7,9-10H,8H2,1-4H3,(H,17,18). The molecule has 0 saturated carbocycles. The molecule has 0 unspecified atom stereocenters. The number of halogens is 1. The van der Waals surface area contributed by atoms with Gasteiger partial charge < -0.3 is 5.11 Å². The van der Waals surface area contributed by atoms with Crippen LogP contribution in [0.1, 0.15) is 38.1 Å². The highest BCUT2D eigenvalue weighted by molar-refractivity contribution is 9.10. The maximum Gasteiger partial charge on any atom is 0.335 e. The van der Waals surface area contributed by atoms with Crippen LogP contribution in [0.15, 0.2) is 27.6 Å². The molecule has 0 spiro atoms. The van der Waals surface area contributed by atoms with E-state index in [1.54, 1.807) is 0 Å². The molecular formula is C14H20BrNO4S. The van der Waals surface area contributed by atoms with Crippen molar-refractivity contribution >= 4 is 31.9 Å². The summed E-state index contributed by atoms with van der Waals surface area (Å²) in [5.74, 6) is -0.901. The quantitative estimate of drug-likeness (QED) is 0.825. The third kappa shape index (κ3) is 4.28. The van der Waals surface area contributed by atoms with Gasteiger partial charge in [-0.2, -0.15) is 4.31 Å². The van der Waals surface area contributed by atoms with Crippen LogP contribution in [0.4, 0.5) is 0 Å². The van der Waals surface area contributed by atoms with E-state index in [0.29, 0.717) is 6.54 Å². The summed E-state index contributed by atoms with van der Waals surface area (Å²) in [6.07, 6.45) is 0. The van der Waals surface area contributed by atoms with Crippen molar-refractivity contribution in [1.29, 1.82) is 0 Å². The Labute approximate surface area is 134 Å². The number of benzene rings is 1. The number of hydrogen-bond donors (Lipinski definition) is 1. The molecule has 0 amide bonds. The minimum Gasteiger partial charge on any atom is -0.478 e. The molecule has 1 N–H and O–H groups in total. The maximum atomic E-state index is 12.8. The third-order valence-electron chi connectivity index (χ3n) is 2.89. The molecule has 0 saturated heterocycles. The predicted molar refractivity (Wildman–Crippen MR) is 85.0 cm³/mol. The summed E-state index contributed by atoms with van der Waals surface area (Å²) >= 11 is 3.17. The van der Waals surface area contributed by atoms with Crippen molar-refractivity contribution in [3.8, 4) is 0 Å². The first kappa shape index (κ1) is 18.1. The van der Waals surface area contributed by atoms with Gasteiger partial charge in [-0.1, -0.05) is 13.8 Å². The molecular weight excluding hydrogens is 358 g/mol. The molecule has 0 aromatic heterocycles. The fourth-order valence-electron chi connectivity index (χ4n) is 1.92. The van der Waals surface area contributed by atoms with Crippen LogP contribution in [0, 0.1) is 5.92 Å². The van der Waals surface area contributed by atoms with E-state index < -0.39 is 16.0 Å². The highest BCUT2D eigenvalue weighted by Crippen LogP contribution is 2.28. The molecule has 1 aromatic carbocycles. The van der Waals surface area contributed by atoms with Gasteiger partial charge in [0.15, 0.2) is 0 Å². The number of hydrogen-bond acceptors (Lipinski definition) is 3. The largest absolute Gasteiger partial charge is 0.478 e. The molecule has 0 atom stereocenters. The summed E-state index contributed by atoms with van der Waals surface area (Å²) in [6.45, 7) is 7.95. The lowest BCUT2D eigenvalue weighted by molar-refractivity contribution is 0.0696. The van der Waals surface area contributed by atoms with Crippen LogP contribution in [-0.2, 0) is 10.0 Å². The van der Waals surface area contributed by atoms with Crippen LogP contribution in [-0.4, -0.2) is 36.4 Å². The van der Waals surface area contributed by atoms with Gasteiger partial charge in [-0.25, -0.2) is 13.2 Å². The molecule has 0 aliphatic carbocycles. The van der Waals surface area contributed by atoms with Crippen LogP contribution in [0.3, 0.4) is 0 Å². The van der Waals surface area contributed by atoms with Crippen molar-refractivity contribution in [2.75, 3.05) is 6.54 Å². The average Bonchev–Trinajstić information content (AvgIpc) is 2.34. The molecule has 0 fully saturated rings. The van der Waals surface area contributed by atoms with Gasteiger partial charge in [0.2, 0.25) is 10.0 Å². The summed E-state index contributed by atoms with van der Waals surface area (Å²) in [4.78, 5) is 11.0. The second-order valence-corrected chi connectivity index (χ2v) is 8.23. The lowest BCUT2D eigenvalue weighted by Crippen LogP contribution is -2.39. The third-order valence-corrected chi connectivity index (χ3v) is 5.91.